The van der Waals surface area contributed by atoms with Crippen molar-refractivity contribution >= 4 is 22.2 Å². The third-order valence-corrected chi connectivity index (χ3v) is 5.59. The van der Waals surface area contributed by atoms with Gasteiger partial charge in [-0.3, -0.25) is 4.79 Å². The summed E-state index contributed by atoms with van der Waals surface area (Å²) < 4.78 is 18.5. The molecule has 0 aliphatic carbocycles. The van der Waals surface area contributed by atoms with Crippen molar-refractivity contribution in [1.82, 2.24) is 0 Å². The smallest absolute Gasteiger partial charge is 0.203 e. The molecule has 24 heavy (non-hydrogen) atoms. The lowest BCUT2D eigenvalue weighted by atomic mass is 9.80. The number of carbonyl (C=O) groups excluding carboxylic acids is 1. The number of carbonyl (C=O) groups is 1. The summed E-state index contributed by atoms with van der Waals surface area (Å²) in [5, 5.41) is 0. The quantitative estimate of drug-likeness (QED) is 0.758. The number of Topliss-reactive ketones (excluding diaryl/α,β-unsaturated/α-hetero) is 1. The summed E-state index contributed by atoms with van der Waals surface area (Å²) in [7, 11) is 0.125. The first-order valence-electron chi connectivity index (χ1n) is 7.80. The number of allylic oxidation sites excluding steroid dienone is 2. The van der Waals surface area contributed by atoms with Crippen LogP contribution < -0.4 is 4.74 Å². The van der Waals surface area contributed by atoms with Crippen LogP contribution in [0.4, 0.5) is 0 Å². The lowest BCUT2D eigenvalue weighted by molar-refractivity contribution is 0.104. The van der Waals surface area contributed by atoms with Crippen molar-refractivity contribution in [3.05, 3.63) is 64.6 Å². The zero-order valence-electron chi connectivity index (χ0n) is 14.3. The van der Waals surface area contributed by atoms with Gasteiger partial charge in [0.2, 0.25) is 5.78 Å². The van der Waals surface area contributed by atoms with Gasteiger partial charge in [-0.25, -0.2) is 4.21 Å². The van der Waals surface area contributed by atoms with E-state index in [-0.39, 0.29) is 11.2 Å². The molecule has 0 N–H and O–H groups in total. The van der Waals surface area contributed by atoms with Gasteiger partial charge in [0.1, 0.15) is 5.75 Å². The van der Waals surface area contributed by atoms with Crippen LogP contribution in [0.1, 0.15) is 36.7 Å². The minimum atomic E-state index is -1.48. The first kappa shape index (κ1) is 16.7. The molecule has 1 atom stereocenters. The first-order valence-corrected chi connectivity index (χ1v) is 8.95. The van der Waals surface area contributed by atoms with E-state index in [2.05, 4.69) is 0 Å². The van der Waals surface area contributed by atoms with Crippen molar-refractivity contribution < 1.29 is 13.7 Å². The highest BCUT2D eigenvalue weighted by atomic mass is 32.2. The van der Waals surface area contributed by atoms with Crippen LogP contribution >= 0.6 is 0 Å². The van der Waals surface area contributed by atoms with Crippen LogP contribution in [-0.2, 0) is 10.8 Å². The van der Waals surface area contributed by atoms with Crippen molar-refractivity contribution in [3.63, 3.8) is 0 Å². The number of fused-ring (bicyclic) bond motifs is 1. The van der Waals surface area contributed by atoms with E-state index in [4.69, 9.17) is 4.74 Å². The third kappa shape index (κ3) is 2.61. The van der Waals surface area contributed by atoms with Crippen LogP contribution in [0.5, 0.6) is 5.75 Å². The number of hydrogen-bond acceptors (Lipinski definition) is 3. The summed E-state index contributed by atoms with van der Waals surface area (Å²) in [4.78, 5) is 13.9. The number of hydrogen-bond donors (Lipinski definition) is 0. The van der Waals surface area contributed by atoms with Crippen LogP contribution in [0.2, 0.25) is 0 Å². The van der Waals surface area contributed by atoms with Gasteiger partial charge in [-0.2, -0.15) is 0 Å². The number of benzene rings is 2. The SMILES string of the molecule is COc1ccccc1/C(=C1/C(=O)c2ccccc2[S@]1=O)C(C)(C)C. The fourth-order valence-electron chi connectivity index (χ4n) is 3.06. The van der Waals surface area contributed by atoms with Gasteiger partial charge in [0.15, 0.2) is 0 Å². The Morgan fingerprint density at radius 3 is 2.25 bits per heavy atom. The van der Waals surface area contributed by atoms with E-state index >= 15 is 0 Å². The predicted octanol–water partition coefficient (Wildman–Crippen LogP) is 4.46. The van der Waals surface area contributed by atoms with Crippen molar-refractivity contribution in [3.8, 4) is 5.75 Å². The molecule has 0 aromatic heterocycles. The molecule has 2 aromatic carbocycles. The molecule has 0 fully saturated rings. The van der Waals surface area contributed by atoms with Crippen molar-refractivity contribution in [2.45, 2.75) is 25.7 Å². The van der Waals surface area contributed by atoms with E-state index in [1.165, 1.54) is 0 Å². The zero-order valence-corrected chi connectivity index (χ0v) is 15.1. The second-order valence-electron chi connectivity index (χ2n) is 6.75. The average Bonchev–Trinajstić information content (AvgIpc) is 2.80. The molecule has 3 nitrogen and oxygen atoms in total. The minimum Gasteiger partial charge on any atom is -0.496 e. The van der Waals surface area contributed by atoms with E-state index in [9.17, 15) is 9.00 Å². The number of ketones is 1. The summed E-state index contributed by atoms with van der Waals surface area (Å²) in [6.07, 6.45) is 0. The van der Waals surface area contributed by atoms with Crippen LogP contribution in [-0.4, -0.2) is 17.1 Å². The normalized spacial score (nSPS) is 19.2. The highest BCUT2D eigenvalue weighted by molar-refractivity contribution is 7.91. The van der Waals surface area contributed by atoms with Gasteiger partial charge >= 0.3 is 0 Å². The van der Waals surface area contributed by atoms with Crippen molar-refractivity contribution in [2.75, 3.05) is 7.11 Å². The molecule has 124 valence electrons. The topological polar surface area (TPSA) is 43.4 Å². The van der Waals surface area contributed by atoms with E-state index in [0.717, 1.165) is 11.1 Å². The molecule has 0 saturated heterocycles. The Morgan fingerprint density at radius 2 is 1.62 bits per heavy atom. The molecule has 1 aliphatic rings. The Kier molecular flexibility index (Phi) is 4.18. The Bertz CT molecular complexity index is 835. The Hall–Kier alpha value is -2.20. The Labute approximate surface area is 144 Å². The predicted molar refractivity (Wildman–Crippen MR) is 96.5 cm³/mol. The number of methoxy groups -OCH3 is 1. The fraction of sp³-hybridized carbons (Fsp3) is 0.250. The van der Waals surface area contributed by atoms with Gasteiger partial charge in [0.25, 0.3) is 0 Å². The molecule has 0 radical (unpaired) electrons. The highest BCUT2D eigenvalue weighted by Gasteiger charge is 2.38. The molecular weight excluding hydrogens is 320 g/mol. The summed E-state index contributed by atoms with van der Waals surface area (Å²) in [5.41, 5.74) is 1.76. The Morgan fingerprint density at radius 1 is 1.00 bits per heavy atom. The molecule has 0 amide bonds. The van der Waals surface area contributed by atoms with E-state index in [0.29, 0.717) is 21.1 Å². The van der Waals surface area contributed by atoms with Crippen molar-refractivity contribution in [2.24, 2.45) is 5.41 Å². The van der Waals surface area contributed by atoms with E-state index in [1.807, 2.05) is 51.1 Å². The van der Waals surface area contributed by atoms with Gasteiger partial charge in [-0.05, 0) is 29.2 Å². The van der Waals surface area contributed by atoms with Gasteiger partial charge < -0.3 is 4.74 Å². The lowest BCUT2D eigenvalue weighted by Gasteiger charge is -2.26. The maximum Gasteiger partial charge on any atom is 0.203 e. The van der Waals surface area contributed by atoms with E-state index < -0.39 is 10.8 Å². The number of rotatable bonds is 2. The first-order chi connectivity index (χ1) is 11.4. The van der Waals surface area contributed by atoms with Crippen molar-refractivity contribution in [1.29, 1.82) is 0 Å². The summed E-state index contributed by atoms with van der Waals surface area (Å²) in [5.74, 6) is 0.524. The van der Waals surface area contributed by atoms with Gasteiger partial charge in [0.05, 0.1) is 27.7 Å². The third-order valence-electron chi connectivity index (χ3n) is 4.08. The molecule has 1 aliphatic heterocycles. The molecule has 2 aromatic rings. The average molecular weight is 340 g/mol. The van der Waals surface area contributed by atoms with Crippen LogP contribution in [0, 0.1) is 5.41 Å². The lowest BCUT2D eigenvalue weighted by Crippen LogP contribution is -2.15. The molecular formula is C20H20O3S. The van der Waals surface area contributed by atoms with Crippen LogP contribution in [0.15, 0.2) is 58.3 Å². The highest BCUT2D eigenvalue weighted by Crippen LogP contribution is 2.45. The zero-order chi connectivity index (χ0) is 17.5. The summed E-state index contributed by atoms with van der Waals surface area (Å²) in [6.45, 7) is 6.07. The monoisotopic (exact) mass is 340 g/mol. The van der Waals surface area contributed by atoms with Gasteiger partial charge in [0, 0.05) is 11.1 Å². The molecule has 0 bridgehead atoms. The largest absolute Gasteiger partial charge is 0.496 e. The van der Waals surface area contributed by atoms with Crippen LogP contribution in [0.25, 0.3) is 5.57 Å². The van der Waals surface area contributed by atoms with Crippen LogP contribution in [0.3, 0.4) is 0 Å². The maximum absolute atomic E-state index is 13.1. The fourth-order valence-corrected chi connectivity index (χ4v) is 4.72. The summed E-state index contributed by atoms with van der Waals surface area (Å²) >= 11 is 0. The molecule has 3 rings (SSSR count). The minimum absolute atomic E-state index is 0.153. The standard InChI is InChI=1S/C20H20O3S/c1-20(2,3)17(13-9-5-7-11-15(13)23-4)19-18(21)14-10-6-8-12-16(14)24(19)22/h5-12H,1-4H3/b19-17+/t24-/m1/s1. The summed E-state index contributed by atoms with van der Waals surface area (Å²) in [6, 6.07) is 14.7. The molecule has 0 spiro atoms. The van der Waals surface area contributed by atoms with Gasteiger partial charge in [-0.15, -0.1) is 0 Å². The molecule has 0 unspecified atom stereocenters. The number of ether oxygens (including phenoxy) is 1. The molecule has 0 saturated carbocycles. The maximum atomic E-state index is 13.1. The Balaban J connectivity index is 2.35. The van der Waals surface area contributed by atoms with E-state index in [1.54, 1.807) is 25.3 Å². The number of para-hydroxylation sites is 1. The van der Waals surface area contributed by atoms with Gasteiger partial charge in [-0.1, -0.05) is 51.1 Å². The molecule has 4 heteroatoms. The molecule has 1 heterocycles. The second kappa shape index (κ2) is 6.02. The second-order valence-corrected chi connectivity index (χ2v) is 8.13.